The number of rotatable bonds is 2. The number of aromatic nitrogens is 2. The normalized spacial score (nSPS) is 18.0. The fourth-order valence-electron chi connectivity index (χ4n) is 3.65. The van der Waals surface area contributed by atoms with Crippen molar-refractivity contribution in [2.24, 2.45) is 4.99 Å². The second-order valence-corrected chi connectivity index (χ2v) is 7.35. The van der Waals surface area contributed by atoms with Gasteiger partial charge in [0.1, 0.15) is 28.7 Å². The smallest absolute Gasteiger partial charge is 0.176 e. The summed E-state index contributed by atoms with van der Waals surface area (Å²) in [7, 11) is 0. The maximum absolute atomic E-state index is 14.4. The quantitative estimate of drug-likeness (QED) is 0.648. The van der Waals surface area contributed by atoms with Crippen LogP contribution in [0.3, 0.4) is 0 Å². The Labute approximate surface area is 169 Å². The van der Waals surface area contributed by atoms with Crippen molar-refractivity contribution in [1.29, 1.82) is 0 Å². The Morgan fingerprint density at radius 1 is 1.14 bits per heavy atom. The first-order valence-corrected chi connectivity index (χ1v) is 9.46. The van der Waals surface area contributed by atoms with Crippen LogP contribution in [0.15, 0.2) is 47.6 Å². The maximum Gasteiger partial charge on any atom is 0.176 e. The van der Waals surface area contributed by atoms with Crippen LogP contribution in [0.2, 0.25) is 5.02 Å². The van der Waals surface area contributed by atoms with Crippen LogP contribution in [0.5, 0.6) is 0 Å². The summed E-state index contributed by atoms with van der Waals surface area (Å²) in [4.78, 5) is 6.31. The number of alkyl halides is 1. The molecule has 0 amide bonds. The number of hydrogen-bond donors (Lipinski definition) is 1. The molecule has 3 aromatic rings. The number of halogens is 4. The number of hydrogen-bond acceptors (Lipinski definition) is 4. The molecule has 2 aromatic carbocycles. The van der Waals surface area contributed by atoms with E-state index in [1.807, 2.05) is 17.0 Å². The first kappa shape index (κ1) is 18.1. The van der Waals surface area contributed by atoms with Crippen molar-refractivity contribution in [3.8, 4) is 5.69 Å². The summed E-state index contributed by atoms with van der Waals surface area (Å²) >= 11 is 6.25. The Hall–Kier alpha value is -3.00. The van der Waals surface area contributed by atoms with E-state index in [2.05, 4.69) is 15.4 Å². The maximum atomic E-state index is 14.4. The third-order valence-corrected chi connectivity index (χ3v) is 5.34. The summed E-state index contributed by atoms with van der Waals surface area (Å²) in [6.45, 7) is 0.934. The summed E-state index contributed by atoms with van der Waals surface area (Å²) in [6.07, 6.45) is 1.04. The lowest BCUT2D eigenvalue weighted by Crippen LogP contribution is -2.20. The highest BCUT2D eigenvalue weighted by molar-refractivity contribution is 6.33. The lowest BCUT2D eigenvalue weighted by molar-refractivity contribution is 0.364. The molecule has 29 heavy (non-hydrogen) atoms. The Morgan fingerprint density at radius 3 is 2.66 bits per heavy atom. The molecule has 1 saturated heterocycles. The molecule has 5 nitrogen and oxygen atoms in total. The van der Waals surface area contributed by atoms with E-state index < -0.39 is 17.8 Å². The zero-order valence-corrected chi connectivity index (χ0v) is 15.8. The van der Waals surface area contributed by atoms with Gasteiger partial charge < -0.3 is 10.2 Å². The molecule has 0 radical (unpaired) electrons. The van der Waals surface area contributed by atoms with Crippen LogP contribution in [-0.4, -0.2) is 34.9 Å². The molecule has 1 aromatic heterocycles. The summed E-state index contributed by atoms with van der Waals surface area (Å²) in [5.74, 6) is -1.26. The second kappa shape index (κ2) is 6.81. The monoisotopic (exact) mass is 417 g/mol. The Balaban J connectivity index is 1.66. The molecule has 9 heteroatoms. The molecule has 0 bridgehead atoms. The molecule has 2 aliphatic heterocycles. The van der Waals surface area contributed by atoms with Crippen LogP contribution in [0.1, 0.15) is 12.0 Å². The van der Waals surface area contributed by atoms with E-state index in [1.165, 1.54) is 16.9 Å². The predicted octanol–water partition coefficient (Wildman–Crippen LogP) is 4.86. The van der Waals surface area contributed by atoms with E-state index in [9.17, 15) is 13.2 Å². The Morgan fingerprint density at radius 2 is 1.93 bits per heavy atom. The molecule has 2 aliphatic rings. The molecular weight excluding hydrogens is 403 g/mol. The third kappa shape index (κ3) is 3.04. The van der Waals surface area contributed by atoms with Crippen molar-refractivity contribution >= 4 is 34.6 Å². The van der Waals surface area contributed by atoms with E-state index in [0.717, 1.165) is 17.8 Å². The summed E-state index contributed by atoms with van der Waals surface area (Å²) in [6, 6.07) is 9.04. The average Bonchev–Trinajstić information content (AvgIpc) is 3.24. The van der Waals surface area contributed by atoms with Crippen LogP contribution < -0.4 is 10.2 Å². The lowest BCUT2D eigenvalue weighted by atomic mass is 10.1. The van der Waals surface area contributed by atoms with Crippen molar-refractivity contribution in [3.63, 3.8) is 0 Å². The van der Waals surface area contributed by atoms with Gasteiger partial charge in [-0.15, -0.1) is 0 Å². The van der Waals surface area contributed by atoms with E-state index in [1.54, 1.807) is 6.07 Å². The fraction of sp³-hybridized carbons (Fsp3) is 0.200. The van der Waals surface area contributed by atoms with Crippen molar-refractivity contribution in [1.82, 2.24) is 9.78 Å². The predicted molar refractivity (Wildman–Crippen MR) is 106 cm³/mol. The molecule has 0 unspecified atom stereocenters. The molecule has 148 valence electrons. The van der Waals surface area contributed by atoms with Crippen LogP contribution in [0, 0.1) is 11.6 Å². The summed E-state index contributed by atoms with van der Waals surface area (Å²) in [5, 5.41) is 7.51. The molecule has 0 saturated carbocycles. The molecular formula is C20H15ClF3N5. The van der Waals surface area contributed by atoms with Crippen LogP contribution in [0.4, 0.5) is 30.4 Å². The van der Waals surface area contributed by atoms with Crippen molar-refractivity contribution < 1.29 is 13.2 Å². The number of benzene rings is 2. The SMILES string of the molecule is Fc1cccc(F)c1C1=Nc2c(Cl)cnn2-c2cc(N3CC[C@@H](F)C3)ccc2N1. The Bertz CT molecular complexity index is 1120. The highest BCUT2D eigenvalue weighted by Crippen LogP contribution is 2.37. The number of aliphatic imine (C=N–C) groups is 1. The number of anilines is 2. The van der Waals surface area contributed by atoms with Gasteiger partial charge in [-0.2, -0.15) is 5.10 Å². The summed E-state index contributed by atoms with van der Waals surface area (Å²) < 4.78 is 43.9. The van der Waals surface area contributed by atoms with Gasteiger partial charge in [-0.25, -0.2) is 22.8 Å². The van der Waals surface area contributed by atoms with Gasteiger partial charge in [-0.3, -0.25) is 0 Å². The Kier molecular flexibility index (Phi) is 4.24. The number of amidine groups is 1. The molecule has 5 rings (SSSR count). The van der Waals surface area contributed by atoms with Gasteiger partial charge in [-0.05, 0) is 36.8 Å². The van der Waals surface area contributed by atoms with Gasteiger partial charge in [0.15, 0.2) is 5.82 Å². The average molecular weight is 418 g/mol. The van der Waals surface area contributed by atoms with E-state index in [-0.39, 0.29) is 22.2 Å². The number of fused-ring (bicyclic) bond motifs is 3. The van der Waals surface area contributed by atoms with Gasteiger partial charge in [0.05, 0.1) is 23.1 Å². The third-order valence-electron chi connectivity index (χ3n) is 5.08. The topological polar surface area (TPSA) is 45.5 Å². The lowest BCUT2D eigenvalue weighted by Gasteiger charge is -2.20. The molecule has 0 spiro atoms. The van der Waals surface area contributed by atoms with Gasteiger partial charge in [-0.1, -0.05) is 17.7 Å². The molecule has 0 aliphatic carbocycles. The van der Waals surface area contributed by atoms with Gasteiger partial charge in [0.25, 0.3) is 0 Å². The van der Waals surface area contributed by atoms with Crippen LogP contribution in [0.25, 0.3) is 5.69 Å². The summed E-state index contributed by atoms with van der Waals surface area (Å²) in [5.41, 5.74) is 1.68. The largest absolute Gasteiger partial charge is 0.368 e. The second-order valence-electron chi connectivity index (χ2n) is 6.94. The minimum Gasteiger partial charge on any atom is -0.368 e. The van der Waals surface area contributed by atoms with Crippen molar-refractivity contribution in [2.45, 2.75) is 12.6 Å². The zero-order valence-electron chi connectivity index (χ0n) is 15.0. The standard InChI is InChI=1S/C20H15ClF3N5/c21-13-9-25-29-17-8-12(28-7-6-11(22)10-28)4-5-16(17)26-19(27-20(13)29)18-14(23)2-1-3-15(18)24/h1-5,8-9,11H,6-7,10H2,(H,26,27)/t11-/m1/s1. The number of nitrogens with zero attached hydrogens (tertiary/aromatic N) is 4. The van der Waals surface area contributed by atoms with Crippen molar-refractivity contribution in [3.05, 3.63) is 64.8 Å². The van der Waals surface area contributed by atoms with E-state index in [4.69, 9.17) is 11.6 Å². The highest BCUT2D eigenvalue weighted by Gasteiger charge is 2.26. The molecule has 1 fully saturated rings. The fourth-order valence-corrected chi connectivity index (χ4v) is 3.82. The minimum atomic E-state index is -0.861. The zero-order chi connectivity index (χ0) is 20.1. The first-order chi connectivity index (χ1) is 14.0. The minimum absolute atomic E-state index is 0.0132. The number of nitrogens with one attached hydrogen (secondary N) is 1. The van der Waals surface area contributed by atoms with E-state index >= 15 is 0 Å². The van der Waals surface area contributed by atoms with Crippen LogP contribution >= 0.6 is 11.6 Å². The van der Waals surface area contributed by atoms with E-state index in [0.29, 0.717) is 30.9 Å². The van der Waals surface area contributed by atoms with Gasteiger partial charge >= 0.3 is 0 Å². The van der Waals surface area contributed by atoms with Gasteiger partial charge in [0.2, 0.25) is 0 Å². The van der Waals surface area contributed by atoms with Crippen LogP contribution in [-0.2, 0) is 0 Å². The molecule has 1 atom stereocenters. The first-order valence-electron chi connectivity index (χ1n) is 9.08. The molecule has 3 heterocycles. The van der Waals surface area contributed by atoms with Gasteiger partial charge in [0, 0.05) is 18.8 Å². The molecule has 1 N–H and O–H groups in total. The van der Waals surface area contributed by atoms with Crippen molar-refractivity contribution in [2.75, 3.05) is 23.3 Å². The highest BCUT2D eigenvalue weighted by atomic mass is 35.5.